The van der Waals surface area contributed by atoms with Gasteiger partial charge in [-0.1, -0.05) is 0 Å². The van der Waals surface area contributed by atoms with Crippen molar-refractivity contribution in [3.8, 4) is 0 Å². The summed E-state index contributed by atoms with van der Waals surface area (Å²) in [6.45, 7) is -0.494. The number of ether oxygens (including phenoxy) is 1. The second-order valence-electron chi connectivity index (χ2n) is 3.81. The molecule has 0 aromatic carbocycles. The van der Waals surface area contributed by atoms with Crippen LogP contribution in [0.1, 0.15) is 6.23 Å². The maximum Gasteiger partial charge on any atom is 0.351 e. The van der Waals surface area contributed by atoms with E-state index in [1.54, 1.807) is 0 Å². The summed E-state index contributed by atoms with van der Waals surface area (Å²) in [7, 11) is 0. The molecule has 98 valence electrons. The van der Waals surface area contributed by atoms with Gasteiger partial charge in [-0.25, -0.2) is 9.18 Å². The number of anilines is 1. The van der Waals surface area contributed by atoms with Gasteiger partial charge in [0.2, 0.25) is 0 Å². The highest BCUT2D eigenvalue weighted by Gasteiger charge is 2.40. The number of hydrogen-bond donors (Lipinski definition) is 3. The molecule has 18 heavy (non-hydrogen) atoms. The predicted octanol–water partition coefficient (Wildman–Crippen LogP) is -1.07. The Hall–Kier alpha value is -1.77. The highest BCUT2D eigenvalue weighted by Crippen LogP contribution is 2.33. The molecule has 1 aliphatic heterocycles. The van der Waals surface area contributed by atoms with Gasteiger partial charge in [-0.15, -0.1) is 0 Å². The summed E-state index contributed by atoms with van der Waals surface area (Å²) >= 11 is 0. The number of nitrogen functional groups attached to an aromatic ring is 1. The molecule has 0 aliphatic carbocycles. The third-order valence-electron chi connectivity index (χ3n) is 2.69. The van der Waals surface area contributed by atoms with Crippen LogP contribution in [0.3, 0.4) is 0 Å². The zero-order chi connectivity index (χ0) is 13.3. The van der Waals surface area contributed by atoms with Crippen molar-refractivity contribution in [2.24, 2.45) is 0 Å². The Morgan fingerprint density at radius 2 is 2.39 bits per heavy atom. The number of aromatic nitrogens is 2. The summed E-state index contributed by atoms with van der Waals surface area (Å²) in [5.74, 6) is 0.0271. The second kappa shape index (κ2) is 4.84. The Labute approximate surface area is 101 Å². The van der Waals surface area contributed by atoms with Gasteiger partial charge in [0.25, 0.3) is 0 Å². The van der Waals surface area contributed by atoms with Crippen molar-refractivity contribution in [2.75, 3.05) is 12.3 Å². The molecule has 1 saturated heterocycles. The average molecular weight is 257 g/mol. The molecule has 8 heteroatoms. The van der Waals surface area contributed by atoms with Crippen molar-refractivity contribution < 1.29 is 19.3 Å². The molecule has 0 radical (unpaired) electrons. The van der Waals surface area contributed by atoms with Crippen LogP contribution < -0.4 is 11.4 Å². The maximum atomic E-state index is 12.8. The first-order valence-corrected chi connectivity index (χ1v) is 5.17. The SMILES string of the molecule is Nc1ccn([C@@H]2O[C@H](CO)[C@H](O)C2=CF)c(=O)n1. The molecule has 1 aliphatic rings. The van der Waals surface area contributed by atoms with E-state index in [4.69, 9.17) is 15.6 Å². The Bertz CT molecular complexity index is 530. The fourth-order valence-corrected chi connectivity index (χ4v) is 1.77. The van der Waals surface area contributed by atoms with Crippen molar-refractivity contribution in [2.45, 2.75) is 18.4 Å². The minimum Gasteiger partial charge on any atom is -0.394 e. The van der Waals surface area contributed by atoms with E-state index in [9.17, 15) is 14.3 Å². The molecule has 7 nitrogen and oxygen atoms in total. The van der Waals surface area contributed by atoms with Gasteiger partial charge in [0.05, 0.1) is 12.9 Å². The number of rotatable bonds is 2. The van der Waals surface area contributed by atoms with Crippen LogP contribution in [0.2, 0.25) is 0 Å². The molecule has 1 aromatic rings. The van der Waals surface area contributed by atoms with E-state index >= 15 is 0 Å². The second-order valence-corrected chi connectivity index (χ2v) is 3.81. The van der Waals surface area contributed by atoms with Crippen molar-refractivity contribution >= 4 is 5.82 Å². The first kappa shape index (κ1) is 12.7. The number of halogens is 1. The van der Waals surface area contributed by atoms with Crippen molar-refractivity contribution in [1.29, 1.82) is 0 Å². The first-order chi connectivity index (χ1) is 8.58. The number of aliphatic hydroxyl groups excluding tert-OH is 2. The molecule has 0 amide bonds. The molecular weight excluding hydrogens is 245 g/mol. The summed E-state index contributed by atoms with van der Waals surface area (Å²) in [4.78, 5) is 15.1. The lowest BCUT2D eigenvalue weighted by molar-refractivity contribution is -0.0447. The lowest BCUT2D eigenvalue weighted by Crippen LogP contribution is -2.28. The number of aliphatic hydroxyl groups is 2. The van der Waals surface area contributed by atoms with Crippen LogP contribution in [-0.2, 0) is 4.74 Å². The van der Waals surface area contributed by atoms with Crippen LogP contribution in [0.5, 0.6) is 0 Å². The highest BCUT2D eigenvalue weighted by atomic mass is 19.1. The molecule has 1 aromatic heterocycles. The standard InChI is InChI=1S/C10H12FN3O4/c11-3-5-8(16)6(4-15)18-9(5)14-2-1-7(12)13-10(14)17/h1-3,6,8-9,15-16H,4H2,(H2,12,13,17)/t6-,8-,9-/m1/s1. The van der Waals surface area contributed by atoms with Crippen LogP contribution in [0, 0.1) is 0 Å². The molecule has 0 unspecified atom stereocenters. The Balaban J connectivity index is 2.41. The third kappa shape index (κ3) is 2.01. The van der Waals surface area contributed by atoms with Gasteiger partial charge < -0.3 is 20.7 Å². The molecule has 0 saturated carbocycles. The van der Waals surface area contributed by atoms with Crippen molar-refractivity contribution in [3.05, 3.63) is 34.7 Å². The van der Waals surface area contributed by atoms with Gasteiger partial charge in [-0.05, 0) is 6.07 Å². The molecule has 0 bridgehead atoms. The van der Waals surface area contributed by atoms with Gasteiger partial charge >= 0.3 is 5.69 Å². The van der Waals surface area contributed by atoms with Gasteiger partial charge in [0.15, 0.2) is 6.23 Å². The topological polar surface area (TPSA) is 111 Å². The first-order valence-electron chi connectivity index (χ1n) is 5.17. The average Bonchev–Trinajstić information content (AvgIpc) is 2.65. The molecule has 2 heterocycles. The van der Waals surface area contributed by atoms with Gasteiger partial charge in [-0.3, -0.25) is 4.57 Å². The predicted molar refractivity (Wildman–Crippen MR) is 59.1 cm³/mol. The van der Waals surface area contributed by atoms with Crippen LogP contribution in [0.25, 0.3) is 0 Å². The molecule has 3 atom stereocenters. The Morgan fingerprint density at radius 3 is 2.94 bits per heavy atom. The zero-order valence-electron chi connectivity index (χ0n) is 9.23. The monoisotopic (exact) mass is 257 g/mol. The normalized spacial score (nSPS) is 29.9. The fraction of sp³-hybridized carbons (Fsp3) is 0.400. The van der Waals surface area contributed by atoms with E-state index in [1.165, 1.54) is 12.3 Å². The van der Waals surface area contributed by atoms with Crippen LogP contribution in [0.4, 0.5) is 10.2 Å². The van der Waals surface area contributed by atoms with Crippen molar-refractivity contribution in [3.63, 3.8) is 0 Å². The Morgan fingerprint density at radius 1 is 1.67 bits per heavy atom. The number of nitrogens with zero attached hydrogens (tertiary/aromatic N) is 2. The quantitative estimate of drug-likeness (QED) is 0.622. The van der Waals surface area contributed by atoms with Gasteiger partial charge in [-0.2, -0.15) is 4.98 Å². The third-order valence-corrected chi connectivity index (χ3v) is 2.69. The maximum absolute atomic E-state index is 12.8. The number of nitrogens with two attached hydrogens (primary N) is 1. The molecule has 0 spiro atoms. The molecule has 4 N–H and O–H groups in total. The Kier molecular flexibility index (Phi) is 3.41. The highest BCUT2D eigenvalue weighted by molar-refractivity contribution is 5.25. The lowest BCUT2D eigenvalue weighted by Gasteiger charge is -2.14. The largest absolute Gasteiger partial charge is 0.394 e. The minimum absolute atomic E-state index is 0.0271. The number of hydrogen-bond acceptors (Lipinski definition) is 6. The zero-order valence-corrected chi connectivity index (χ0v) is 9.23. The molecule has 1 fully saturated rings. The molecule has 2 rings (SSSR count). The summed E-state index contributed by atoms with van der Waals surface area (Å²) in [6, 6.07) is 1.35. The van der Waals surface area contributed by atoms with E-state index in [0.29, 0.717) is 0 Å². The van der Waals surface area contributed by atoms with Crippen molar-refractivity contribution in [1.82, 2.24) is 9.55 Å². The minimum atomic E-state index is -1.31. The van der Waals surface area contributed by atoms with E-state index in [2.05, 4.69) is 4.98 Å². The summed E-state index contributed by atoms with van der Waals surface area (Å²) in [5, 5.41) is 18.6. The smallest absolute Gasteiger partial charge is 0.351 e. The summed E-state index contributed by atoms with van der Waals surface area (Å²) in [6.07, 6.45) is -1.99. The van der Waals surface area contributed by atoms with Crippen LogP contribution in [0.15, 0.2) is 29.0 Å². The summed E-state index contributed by atoms with van der Waals surface area (Å²) in [5.41, 5.74) is 4.45. The molecular formula is C10H12FN3O4. The fourth-order valence-electron chi connectivity index (χ4n) is 1.77. The van der Waals surface area contributed by atoms with Gasteiger partial charge in [0.1, 0.15) is 18.0 Å². The van der Waals surface area contributed by atoms with E-state index in [1.807, 2.05) is 0 Å². The van der Waals surface area contributed by atoms with E-state index in [0.717, 1.165) is 4.57 Å². The van der Waals surface area contributed by atoms with E-state index in [-0.39, 0.29) is 17.7 Å². The lowest BCUT2D eigenvalue weighted by atomic mass is 10.1. The summed E-state index contributed by atoms with van der Waals surface area (Å²) < 4.78 is 19.0. The van der Waals surface area contributed by atoms with Crippen LogP contribution >= 0.6 is 0 Å². The van der Waals surface area contributed by atoms with E-state index < -0.39 is 30.7 Å². The van der Waals surface area contributed by atoms with Gasteiger partial charge in [0, 0.05) is 11.8 Å². The van der Waals surface area contributed by atoms with Crippen LogP contribution in [-0.4, -0.2) is 38.6 Å².